The van der Waals surface area contributed by atoms with E-state index in [4.69, 9.17) is 18.6 Å². The Labute approximate surface area is 194 Å². The summed E-state index contributed by atoms with van der Waals surface area (Å²) >= 11 is 0. The minimum absolute atomic E-state index is 0.207. The fourth-order valence-electron chi connectivity index (χ4n) is 4.04. The first-order valence-electron chi connectivity index (χ1n) is 10.7. The Bertz CT molecular complexity index is 1500. The third-order valence-corrected chi connectivity index (χ3v) is 5.85. The molecule has 3 heterocycles. The van der Waals surface area contributed by atoms with Gasteiger partial charge in [0.15, 0.2) is 18.1 Å². The Hall–Kier alpha value is -4.33. The second-order valence-corrected chi connectivity index (χ2v) is 8.04. The molecule has 8 heteroatoms. The van der Waals surface area contributed by atoms with E-state index in [-0.39, 0.29) is 18.1 Å². The predicted molar refractivity (Wildman–Crippen MR) is 123 cm³/mol. The molecular formula is C26H21NO7. The molecule has 0 spiro atoms. The van der Waals surface area contributed by atoms with E-state index in [1.807, 2.05) is 36.6 Å². The van der Waals surface area contributed by atoms with Crippen LogP contribution in [-0.4, -0.2) is 29.7 Å². The first-order valence-corrected chi connectivity index (χ1v) is 10.7. The van der Waals surface area contributed by atoms with E-state index in [0.717, 1.165) is 17.0 Å². The van der Waals surface area contributed by atoms with Crippen molar-refractivity contribution in [3.63, 3.8) is 0 Å². The van der Waals surface area contributed by atoms with Gasteiger partial charge in [-0.1, -0.05) is 24.3 Å². The van der Waals surface area contributed by atoms with Gasteiger partial charge in [0.25, 0.3) is 0 Å². The minimum Gasteiger partial charge on any atom is -0.454 e. The molecule has 0 unspecified atom stereocenters. The Balaban J connectivity index is 1.30. The number of esters is 1. The summed E-state index contributed by atoms with van der Waals surface area (Å²) in [6.45, 7) is 4.01. The maximum atomic E-state index is 12.8. The third kappa shape index (κ3) is 3.94. The first kappa shape index (κ1) is 21.5. The van der Waals surface area contributed by atoms with Gasteiger partial charge in [0.1, 0.15) is 11.1 Å². The number of aryl methyl sites for hydroxylation is 1. The molecule has 172 valence electrons. The lowest BCUT2D eigenvalue weighted by atomic mass is 10.1. The highest BCUT2D eigenvalue weighted by Gasteiger charge is 2.21. The zero-order valence-corrected chi connectivity index (χ0v) is 18.6. The van der Waals surface area contributed by atoms with Crippen molar-refractivity contribution in [1.82, 2.24) is 4.57 Å². The van der Waals surface area contributed by atoms with E-state index < -0.39 is 18.2 Å². The van der Waals surface area contributed by atoms with Crippen molar-refractivity contribution in [2.45, 2.75) is 20.4 Å². The van der Waals surface area contributed by atoms with Crippen molar-refractivity contribution in [2.75, 3.05) is 13.4 Å². The van der Waals surface area contributed by atoms with Crippen LogP contribution in [0.1, 0.15) is 37.7 Å². The highest BCUT2D eigenvalue weighted by Crippen LogP contribution is 2.33. The van der Waals surface area contributed by atoms with Crippen molar-refractivity contribution in [1.29, 1.82) is 0 Å². The van der Waals surface area contributed by atoms with E-state index in [1.54, 1.807) is 30.3 Å². The molecule has 2 aromatic carbocycles. The molecule has 0 N–H and O–H groups in total. The van der Waals surface area contributed by atoms with Crippen molar-refractivity contribution in [3.8, 4) is 11.5 Å². The van der Waals surface area contributed by atoms with Crippen LogP contribution in [0.4, 0.5) is 0 Å². The molecule has 0 amide bonds. The highest BCUT2D eigenvalue weighted by atomic mass is 16.7. The first-order chi connectivity index (χ1) is 16.4. The molecule has 0 atom stereocenters. The van der Waals surface area contributed by atoms with Gasteiger partial charge in [-0.15, -0.1) is 0 Å². The molecule has 1 aliphatic heterocycles. The second kappa shape index (κ2) is 8.55. The highest BCUT2D eigenvalue weighted by molar-refractivity contribution is 6.00. The Kier molecular flexibility index (Phi) is 5.41. The van der Waals surface area contributed by atoms with Crippen LogP contribution in [0, 0.1) is 13.8 Å². The lowest BCUT2D eigenvalue weighted by Gasteiger charge is -2.11. The molecule has 0 aliphatic carbocycles. The Morgan fingerprint density at radius 3 is 2.62 bits per heavy atom. The fraction of sp³-hybridized carbons (Fsp3) is 0.192. The molecule has 0 fully saturated rings. The minimum atomic E-state index is -0.901. The van der Waals surface area contributed by atoms with Gasteiger partial charge in [-0.3, -0.25) is 4.79 Å². The molecule has 5 rings (SSSR count). The maximum absolute atomic E-state index is 12.8. The number of ether oxygens (including phenoxy) is 3. The molecular weight excluding hydrogens is 438 g/mol. The van der Waals surface area contributed by atoms with Crippen molar-refractivity contribution >= 4 is 22.7 Å². The smallest absolute Gasteiger partial charge is 0.351 e. The quantitative estimate of drug-likeness (QED) is 0.244. The number of hydrogen-bond acceptors (Lipinski definition) is 7. The molecule has 34 heavy (non-hydrogen) atoms. The summed E-state index contributed by atoms with van der Waals surface area (Å²) in [5, 5.41) is 0.590. The van der Waals surface area contributed by atoms with Crippen LogP contribution in [0.5, 0.6) is 11.5 Å². The number of rotatable bonds is 6. The number of carbonyl (C=O) groups is 2. The number of benzene rings is 2. The maximum Gasteiger partial charge on any atom is 0.351 e. The van der Waals surface area contributed by atoms with Gasteiger partial charge in [0, 0.05) is 28.9 Å². The molecule has 0 saturated heterocycles. The number of nitrogens with zero attached hydrogens (tertiary/aromatic N) is 1. The van der Waals surface area contributed by atoms with Crippen LogP contribution in [0.25, 0.3) is 11.0 Å². The molecule has 8 nitrogen and oxygen atoms in total. The lowest BCUT2D eigenvalue weighted by molar-refractivity contribution is 0.0470. The van der Waals surface area contributed by atoms with Crippen LogP contribution in [-0.2, 0) is 11.3 Å². The normalized spacial score (nSPS) is 12.2. The molecule has 4 aromatic rings. The van der Waals surface area contributed by atoms with Gasteiger partial charge in [-0.25, -0.2) is 9.59 Å². The van der Waals surface area contributed by atoms with Crippen LogP contribution in [0.3, 0.4) is 0 Å². The average Bonchev–Trinajstić information content (AvgIpc) is 3.41. The second-order valence-electron chi connectivity index (χ2n) is 8.04. The van der Waals surface area contributed by atoms with Crippen LogP contribution in [0.15, 0.2) is 63.8 Å². The molecule has 0 bridgehead atoms. The van der Waals surface area contributed by atoms with Crippen LogP contribution >= 0.6 is 0 Å². The van der Waals surface area contributed by atoms with Gasteiger partial charge < -0.3 is 23.2 Å². The monoisotopic (exact) mass is 459 g/mol. The van der Waals surface area contributed by atoms with Gasteiger partial charge in [0.2, 0.25) is 12.6 Å². The standard InChI is InChI=1S/C26H21NO7/c1-15-9-19(16(2)27(15)12-17-7-8-23-24(10-17)33-14-32-23)21(28)13-31-25(29)20-11-18-5-3-4-6-22(18)34-26(20)30/h3-11H,12-14H2,1-2H3. The SMILES string of the molecule is Cc1cc(C(=O)COC(=O)c2cc3ccccc3oc2=O)c(C)n1Cc1ccc2c(c1)OCO2. The molecule has 0 saturated carbocycles. The number of para-hydroxylation sites is 1. The fourth-order valence-corrected chi connectivity index (χ4v) is 4.04. The summed E-state index contributed by atoms with van der Waals surface area (Å²) in [7, 11) is 0. The van der Waals surface area contributed by atoms with E-state index >= 15 is 0 Å². The average molecular weight is 459 g/mol. The summed E-state index contributed by atoms with van der Waals surface area (Å²) in [5.41, 5.74) is 2.41. The zero-order chi connectivity index (χ0) is 23.8. The van der Waals surface area contributed by atoms with Crippen LogP contribution < -0.4 is 15.1 Å². The number of ketones is 1. The lowest BCUT2D eigenvalue weighted by Crippen LogP contribution is -2.20. The van der Waals surface area contributed by atoms with Crippen LogP contribution in [0.2, 0.25) is 0 Å². The van der Waals surface area contributed by atoms with Gasteiger partial charge >= 0.3 is 11.6 Å². The summed E-state index contributed by atoms with van der Waals surface area (Å²) < 4.78 is 23.1. The third-order valence-electron chi connectivity index (χ3n) is 5.85. The van der Waals surface area contributed by atoms with E-state index in [0.29, 0.717) is 34.6 Å². The molecule has 2 aromatic heterocycles. The summed E-state index contributed by atoms with van der Waals surface area (Å²) in [5.74, 6) is 0.148. The number of fused-ring (bicyclic) bond motifs is 2. The van der Waals surface area contributed by atoms with Crippen molar-refractivity contribution in [2.24, 2.45) is 0 Å². The topological polar surface area (TPSA) is 97.0 Å². The summed E-state index contributed by atoms with van der Waals surface area (Å²) in [4.78, 5) is 37.5. The van der Waals surface area contributed by atoms with E-state index in [9.17, 15) is 14.4 Å². The largest absolute Gasteiger partial charge is 0.454 e. The molecule has 1 aliphatic rings. The molecule has 0 radical (unpaired) electrons. The number of Topliss-reactive ketones (excluding diaryl/α,β-unsaturated/α-hetero) is 1. The summed E-state index contributed by atoms with van der Waals surface area (Å²) in [6.07, 6.45) is 0. The van der Waals surface area contributed by atoms with Gasteiger partial charge in [0.05, 0.1) is 0 Å². The predicted octanol–water partition coefficient (Wildman–Crippen LogP) is 4.03. The van der Waals surface area contributed by atoms with E-state index in [2.05, 4.69) is 0 Å². The van der Waals surface area contributed by atoms with Crippen molar-refractivity contribution < 1.29 is 28.2 Å². The van der Waals surface area contributed by atoms with Gasteiger partial charge in [-0.2, -0.15) is 0 Å². The Morgan fingerprint density at radius 1 is 0.971 bits per heavy atom. The van der Waals surface area contributed by atoms with E-state index in [1.165, 1.54) is 6.07 Å². The number of hydrogen-bond donors (Lipinski definition) is 0. The Morgan fingerprint density at radius 2 is 1.76 bits per heavy atom. The zero-order valence-electron chi connectivity index (χ0n) is 18.6. The van der Waals surface area contributed by atoms with Crippen molar-refractivity contribution in [3.05, 3.63) is 93.1 Å². The number of carbonyl (C=O) groups excluding carboxylic acids is 2. The van der Waals surface area contributed by atoms with Gasteiger partial charge in [-0.05, 0) is 49.7 Å². The summed E-state index contributed by atoms with van der Waals surface area (Å²) in [6, 6.07) is 15.7. The number of aromatic nitrogens is 1.